The highest BCUT2D eigenvalue weighted by molar-refractivity contribution is 7.89. The zero-order chi connectivity index (χ0) is 23.9. The van der Waals surface area contributed by atoms with E-state index >= 15 is 0 Å². The van der Waals surface area contributed by atoms with Gasteiger partial charge in [-0.1, -0.05) is 6.07 Å². The molecule has 11 heteroatoms. The number of anilines is 1. The number of carbonyl (C=O) groups is 1. The van der Waals surface area contributed by atoms with Crippen molar-refractivity contribution in [3.8, 4) is 16.6 Å². The van der Waals surface area contributed by atoms with E-state index in [1.807, 2.05) is 18.3 Å². The minimum absolute atomic E-state index is 0.0460. The second-order valence-electron chi connectivity index (χ2n) is 8.15. The second-order valence-corrected chi connectivity index (χ2v) is 10.7. The maximum atomic E-state index is 12.7. The molecule has 0 radical (unpaired) electrons. The fourth-order valence-electron chi connectivity index (χ4n) is 3.94. The van der Waals surface area contributed by atoms with Crippen molar-refractivity contribution in [2.75, 3.05) is 5.32 Å². The van der Waals surface area contributed by atoms with Crippen LogP contribution in [0.2, 0.25) is 0 Å². The lowest BCUT2D eigenvalue weighted by atomic mass is 9.87. The van der Waals surface area contributed by atoms with Gasteiger partial charge < -0.3 is 10.3 Å². The van der Waals surface area contributed by atoms with Gasteiger partial charge in [0, 0.05) is 42.2 Å². The molecule has 3 aromatic heterocycles. The normalized spacial score (nSPS) is 17.8. The van der Waals surface area contributed by atoms with Crippen molar-refractivity contribution in [1.29, 1.82) is 5.26 Å². The van der Waals surface area contributed by atoms with Crippen LogP contribution in [-0.4, -0.2) is 41.2 Å². The summed E-state index contributed by atoms with van der Waals surface area (Å²) in [6.45, 7) is 1.48. The van der Waals surface area contributed by atoms with E-state index in [4.69, 9.17) is 5.26 Å². The van der Waals surface area contributed by atoms with Crippen LogP contribution in [0.3, 0.4) is 0 Å². The van der Waals surface area contributed by atoms with Crippen molar-refractivity contribution in [2.24, 2.45) is 0 Å². The first-order valence-corrected chi connectivity index (χ1v) is 12.9. The van der Waals surface area contributed by atoms with Gasteiger partial charge >= 0.3 is 0 Å². The van der Waals surface area contributed by atoms with Crippen LogP contribution in [0.5, 0.6) is 0 Å². The third-order valence-corrected chi connectivity index (χ3v) is 8.16. The number of fused-ring (bicyclic) bond motifs is 1. The Kier molecular flexibility index (Phi) is 5.65. The Hall–Kier alpha value is -3.59. The molecule has 5 rings (SSSR count). The van der Waals surface area contributed by atoms with Crippen LogP contribution in [0.4, 0.5) is 5.69 Å². The third-order valence-electron chi connectivity index (χ3n) is 5.76. The number of hydrogen-bond acceptors (Lipinski definition) is 8. The van der Waals surface area contributed by atoms with Crippen molar-refractivity contribution in [2.45, 2.75) is 36.7 Å². The number of nitriles is 1. The number of aromatic nitrogens is 3. The van der Waals surface area contributed by atoms with Crippen LogP contribution in [0.15, 0.2) is 53.0 Å². The molecule has 1 aliphatic rings. The third kappa shape index (κ3) is 4.19. The maximum Gasteiger partial charge on any atom is 0.240 e. The predicted molar refractivity (Wildman–Crippen MR) is 129 cm³/mol. The zero-order valence-corrected chi connectivity index (χ0v) is 19.7. The van der Waals surface area contributed by atoms with Crippen LogP contribution in [0.1, 0.15) is 35.8 Å². The number of carbonyl (C=O) groups excluding carboxylic acids is 1. The topological polar surface area (TPSA) is 141 Å². The average molecular weight is 493 g/mol. The smallest absolute Gasteiger partial charge is 0.240 e. The fraction of sp³-hybridized carbons (Fsp3) is 0.217. The molecule has 0 aliphatic heterocycles. The molecule has 0 spiro atoms. The molecule has 1 fully saturated rings. The number of hydrogen-bond donors (Lipinski definition) is 3. The molecule has 34 heavy (non-hydrogen) atoms. The lowest BCUT2D eigenvalue weighted by Gasteiger charge is -2.37. The molecule has 1 saturated carbocycles. The summed E-state index contributed by atoms with van der Waals surface area (Å²) in [5.41, 5.74) is 3.08. The first kappa shape index (κ1) is 22.2. The van der Waals surface area contributed by atoms with Crippen LogP contribution in [0, 0.1) is 11.3 Å². The largest absolute Gasteiger partial charge is 0.381 e. The standard InChI is InChI=1S/C23H20N6O3S2/c1-13(30)20-12-33-23(28-20)19-11-26-22-18(5-6-25-22)21(19)27-15-8-16(9-15)29-34(31,32)17-4-2-3-14(7-17)10-24/h2-7,11-12,15-16,29H,8-9H2,1H3,(H2,25,26,27)/t15-,16+. The molecule has 0 atom stereocenters. The lowest BCUT2D eigenvalue weighted by Crippen LogP contribution is -2.49. The molecule has 1 aromatic carbocycles. The quantitative estimate of drug-likeness (QED) is 0.334. The molecular formula is C23H20N6O3S2. The van der Waals surface area contributed by atoms with Gasteiger partial charge in [0.2, 0.25) is 10.0 Å². The molecule has 172 valence electrons. The number of benzene rings is 1. The summed E-state index contributed by atoms with van der Waals surface area (Å²) in [6, 6.07) is 9.68. The van der Waals surface area contributed by atoms with Crippen LogP contribution >= 0.6 is 11.3 Å². The summed E-state index contributed by atoms with van der Waals surface area (Å²) in [5.74, 6) is -0.0953. The number of rotatable bonds is 7. The minimum atomic E-state index is -3.72. The Labute approximate surface area is 199 Å². The summed E-state index contributed by atoms with van der Waals surface area (Å²) in [6.07, 6.45) is 4.73. The minimum Gasteiger partial charge on any atom is -0.381 e. The summed E-state index contributed by atoms with van der Waals surface area (Å²) < 4.78 is 28.2. The van der Waals surface area contributed by atoms with Gasteiger partial charge in [0.05, 0.1) is 27.8 Å². The van der Waals surface area contributed by atoms with Gasteiger partial charge in [-0.2, -0.15) is 5.26 Å². The van der Waals surface area contributed by atoms with E-state index in [1.165, 1.54) is 30.4 Å². The molecule has 1 aliphatic carbocycles. The molecule has 0 amide bonds. The van der Waals surface area contributed by atoms with Crippen LogP contribution < -0.4 is 10.0 Å². The van der Waals surface area contributed by atoms with Crippen molar-refractivity contribution in [3.63, 3.8) is 0 Å². The molecule has 0 bridgehead atoms. The van der Waals surface area contributed by atoms with E-state index < -0.39 is 10.0 Å². The number of aromatic amines is 1. The number of Topliss-reactive ketones (excluding diaryl/α,β-unsaturated/α-hetero) is 1. The Balaban J connectivity index is 1.33. The van der Waals surface area contributed by atoms with Gasteiger partial charge in [-0.05, 0) is 37.1 Å². The van der Waals surface area contributed by atoms with Crippen LogP contribution in [0.25, 0.3) is 21.6 Å². The van der Waals surface area contributed by atoms with E-state index in [1.54, 1.807) is 23.7 Å². The molecular weight excluding hydrogens is 472 g/mol. The predicted octanol–water partition coefficient (Wildman–Crippen LogP) is 3.68. The highest BCUT2D eigenvalue weighted by Gasteiger charge is 2.33. The monoisotopic (exact) mass is 492 g/mol. The van der Waals surface area contributed by atoms with Gasteiger partial charge in [-0.15, -0.1) is 11.3 Å². The van der Waals surface area contributed by atoms with E-state index in [-0.39, 0.29) is 22.8 Å². The van der Waals surface area contributed by atoms with Gasteiger partial charge in [-0.3, -0.25) is 4.79 Å². The highest BCUT2D eigenvalue weighted by atomic mass is 32.2. The Morgan fingerprint density at radius 1 is 1.26 bits per heavy atom. The number of nitrogens with one attached hydrogen (secondary N) is 3. The van der Waals surface area contributed by atoms with E-state index in [2.05, 4.69) is 25.0 Å². The number of sulfonamides is 1. The van der Waals surface area contributed by atoms with E-state index in [9.17, 15) is 13.2 Å². The summed E-state index contributed by atoms with van der Waals surface area (Å²) >= 11 is 1.38. The maximum absolute atomic E-state index is 12.7. The zero-order valence-electron chi connectivity index (χ0n) is 18.1. The molecule has 0 saturated heterocycles. The Bertz CT molecular complexity index is 1540. The molecule has 3 N–H and O–H groups in total. The Morgan fingerprint density at radius 3 is 2.82 bits per heavy atom. The van der Waals surface area contributed by atoms with Gasteiger partial charge in [0.15, 0.2) is 5.78 Å². The SMILES string of the molecule is CC(=O)c1csc(-c2cnc3[nH]ccc3c2N[C@H]2C[C@@H](NS(=O)(=O)c3cccc(C#N)c3)C2)n1. The summed E-state index contributed by atoms with van der Waals surface area (Å²) in [4.78, 5) is 23.8. The summed E-state index contributed by atoms with van der Waals surface area (Å²) in [7, 11) is -3.72. The molecule has 9 nitrogen and oxygen atoms in total. The van der Waals surface area contributed by atoms with E-state index in [0.29, 0.717) is 29.1 Å². The average Bonchev–Trinajstić information content (AvgIpc) is 3.47. The number of ketones is 1. The lowest BCUT2D eigenvalue weighted by molar-refractivity contribution is 0.101. The van der Waals surface area contributed by atoms with E-state index in [0.717, 1.165) is 22.3 Å². The Morgan fingerprint density at radius 2 is 2.09 bits per heavy atom. The molecule has 3 heterocycles. The number of thiazole rings is 1. The van der Waals surface area contributed by atoms with Gasteiger partial charge in [0.1, 0.15) is 16.3 Å². The van der Waals surface area contributed by atoms with Crippen molar-refractivity contribution >= 4 is 43.9 Å². The number of H-pyrrole nitrogens is 1. The second kappa shape index (κ2) is 8.64. The first-order valence-electron chi connectivity index (χ1n) is 10.6. The number of nitrogens with zero attached hydrogens (tertiary/aromatic N) is 3. The number of pyridine rings is 1. The van der Waals surface area contributed by atoms with Gasteiger partial charge in [0.25, 0.3) is 0 Å². The van der Waals surface area contributed by atoms with Crippen LogP contribution in [-0.2, 0) is 10.0 Å². The van der Waals surface area contributed by atoms with Crippen molar-refractivity contribution in [1.82, 2.24) is 19.7 Å². The summed E-state index contributed by atoms with van der Waals surface area (Å²) in [5, 5.41) is 15.9. The van der Waals surface area contributed by atoms with Crippen molar-refractivity contribution < 1.29 is 13.2 Å². The molecule has 0 unspecified atom stereocenters. The van der Waals surface area contributed by atoms with Crippen molar-refractivity contribution in [3.05, 3.63) is 59.4 Å². The fourth-order valence-corrected chi connectivity index (χ4v) is 6.12. The first-order chi connectivity index (χ1) is 16.3. The highest BCUT2D eigenvalue weighted by Crippen LogP contribution is 2.37. The molecule has 4 aromatic rings. The van der Waals surface area contributed by atoms with Gasteiger partial charge in [-0.25, -0.2) is 23.1 Å².